The minimum Gasteiger partial charge on any atom is -0.374 e. The highest BCUT2D eigenvalue weighted by Gasteiger charge is 2.16. The Kier molecular flexibility index (Phi) is 2.46. The largest absolute Gasteiger partial charge is 0.374 e. The number of likely N-dealkylation sites (N-methyl/N-ethyl adjacent to an activating group) is 1. The number of hydrogen-bond acceptors (Lipinski definition) is 2. The molecule has 1 aliphatic heterocycles. The number of anilines is 1. The Morgan fingerprint density at radius 1 is 1.43 bits per heavy atom. The second-order valence-electron chi connectivity index (χ2n) is 4.07. The lowest BCUT2D eigenvalue weighted by atomic mass is 10.0. The Labute approximate surface area is 85.9 Å². The average Bonchev–Trinajstić information content (AvgIpc) is 2.59. The molecule has 1 heterocycles. The second-order valence-corrected chi connectivity index (χ2v) is 4.07. The first-order valence-corrected chi connectivity index (χ1v) is 5.23. The van der Waals surface area contributed by atoms with E-state index >= 15 is 0 Å². The van der Waals surface area contributed by atoms with Gasteiger partial charge in [-0.1, -0.05) is 12.1 Å². The van der Waals surface area contributed by atoms with Gasteiger partial charge in [0.1, 0.15) is 0 Å². The first-order valence-electron chi connectivity index (χ1n) is 5.23. The fourth-order valence-electron chi connectivity index (χ4n) is 1.99. The molecule has 76 valence electrons. The van der Waals surface area contributed by atoms with E-state index in [9.17, 15) is 0 Å². The monoisotopic (exact) mass is 190 g/mol. The Bertz CT molecular complexity index is 333. The summed E-state index contributed by atoms with van der Waals surface area (Å²) in [5.41, 5.74) is 4.27. The van der Waals surface area contributed by atoms with Crippen LogP contribution in [-0.2, 0) is 6.42 Å². The second kappa shape index (κ2) is 3.62. The number of hydrogen-bond donors (Lipinski definition) is 1. The number of rotatable bonds is 2. The molecule has 0 aliphatic carbocycles. The highest BCUT2D eigenvalue weighted by atomic mass is 15.1. The van der Waals surface area contributed by atoms with E-state index in [1.165, 1.54) is 23.2 Å². The molecule has 2 heteroatoms. The van der Waals surface area contributed by atoms with E-state index in [0.29, 0.717) is 6.04 Å². The smallest absolute Gasteiger partial charge is 0.0400 e. The zero-order chi connectivity index (χ0) is 10.1. The van der Waals surface area contributed by atoms with Crippen LogP contribution < -0.4 is 10.2 Å². The van der Waals surface area contributed by atoms with E-state index < -0.39 is 0 Å². The SMILES string of the molecule is CNC(C)c1ccc2c(c1)N(C)CC2. The summed E-state index contributed by atoms with van der Waals surface area (Å²) in [5.74, 6) is 0. The normalized spacial score (nSPS) is 16.9. The maximum Gasteiger partial charge on any atom is 0.0400 e. The summed E-state index contributed by atoms with van der Waals surface area (Å²) in [6.45, 7) is 3.35. The topological polar surface area (TPSA) is 15.3 Å². The molecule has 0 bridgehead atoms. The van der Waals surface area contributed by atoms with Crippen LogP contribution in [0.3, 0.4) is 0 Å². The van der Waals surface area contributed by atoms with E-state index in [-0.39, 0.29) is 0 Å². The van der Waals surface area contributed by atoms with Crippen molar-refractivity contribution in [2.24, 2.45) is 0 Å². The summed E-state index contributed by atoms with van der Waals surface area (Å²) in [4.78, 5) is 2.33. The molecule has 2 rings (SSSR count). The minimum atomic E-state index is 0.439. The molecule has 0 fully saturated rings. The summed E-state index contributed by atoms with van der Waals surface area (Å²) in [6.07, 6.45) is 1.19. The van der Waals surface area contributed by atoms with Crippen LogP contribution in [0.5, 0.6) is 0 Å². The zero-order valence-electron chi connectivity index (χ0n) is 9.17. The molecule has 0 saturated carbocycles. The Morgan fingerprint density at radius 3 is 2.93 bits per heavy atom. The fraction of sp³-hybridized carbons (Fsp3) is 0.500. The number of benzene rings is 1. The number of nitrogens with zero attached hydrogens (tertiary/aromatic N) is 1. The maximum atomic E-state index is 3.27. The van der Waals surface area contributed by atoms with Gasteiger partial charge in [-0.3, -0.25) is 0 Å². The van der Waals surface area contributed by atoms with Crippen LogP contribution in [0.2, 0.25) is 0 Å². The van der Waals surface area contributed by atoms with Crippen LogP contribution in [0, 0.1) is 0 Å². The highest BCUT2D eigenvalue weighted by molar-refractivity contribution is 5.59. The van der Waals surface area contributed by atoms with Crippen molar-refractivity contribution in [2.75, 3.05) is 25.5 Å². The first-order chi connectivity index (χ1) is 6.72. The molecule has 0 amide bonds. The van der Waals surface area contributed by atoms with Gasteiger partial charge in [-0.15, -0.1) is 0 Å². The van der Waals surface area contributed by atoms with Crippen LogP contribution >= 0.6 is 0 Å². The van der Waals surface area contributed by atoms with Crippen molar-refractivity contribution in [1.82, 2.24) is 5.32 Å². The van der Waals surface area contributed by atoms with Crippen LogP contribution in [0.25, 0.3) is 0 Å². The Balaban J connectivity index is 2.34. The van der Waals surface area contributed by atoms with Crippen LogP contribution in [0.4, 0.5) is 5.69 Å². The molecule has 1 aromatic carbocycles. The standard InChI is InChI=1S/C12H18N2/c1-9(13-2)11-5-4-10-6-7-14(3)12(10)8-11/h4-5,8-9,13H,6-7H2,1-3H3. The van der Waals surface area contributed by atoms with Gasteiger partial charge in [0, 0.05) is 25.3 Å². The van der Waals surface area contributed by atoms with Gasteiger partial charge >= 0.3 is 0 Å². The minimum absolute atomic E-state index is 0.439. The molecular formula is C12H18N2. The van der Waals surface area contributed by atoms with Gasteiger partial charge in [0.2, 0.25) is 0 Å². The molecule has 1 unspecified atom stereocenters. The third-order valence-electron chi connectivity index (χ3n) is 3.17. The van der Waals surface area contributed by atoms with Crippen molar-refractivity contribution in [3.8, 4) is 0 Å². The van der Waals surface area contributed by atoms with E-state index in [1.807, 2.05) is 7.05 Å². The van der Waals surface area contributed by atoms with Crippen LogP contribution in [0.15, 0.2) is 18.2 Å². The van der Waals surface area contributed by atoms with Gasteiger partial charge < -0.3 is 10.2 Å². The Morgan fingerprint density at radius 2 is 2.21 bits per heavy atom. The third kappa shape index (κ3) is 1.50. The van der Waals surface area contributed by atoms with E-state index in [2.05, 4.69) is 42.4 Å². The van der Waals surface area contributed by atoms with Gasteiger partial charge in [0.15, 0.2) is 0 Å². The van der Waals surface area contributed by atoms with Crippen molar-refractivity contribution in [1.29, 1.82) is 0 Å². The van der Waals surface area contributed by atoms with Gasteiger partial charge in [-0.2, -0.15) is 0 Å². The summed E-state index contributed by atoms with van der Waals surface area (Å²) in [6, 6.07) is 7.25. The van der Waals surface area contributed by atoms with Crippen LogP contribution in [0.1, 0.15) is 24.1 Å². The summed E-state index contributed by atoms with van der Waals surface area (Å²) in [5, 5.41) is 3.27. The summed E-state index contributed by atoms with van der Waals surface area (Å²) >= 11 is 0. The van der Waals surface area contributed by atoms with E-state index in [1.54, 1.807) is 0 Å². The molecule has 1 N–H and O–H groups in total. The predicted octanol–water partition coefficient (Wildman–Crippen LogP) is 1.96. The van der Waals surface area contributed by atoms with Crippen molar-refractivity contribution in [3.05, 3.63) is 29.3 Å². The van der Waals surface area contributed by atoms with Gasteiger partial charge in [-0.05, 0) is 37.6 Å². The lowest BCUT2D eigenvalue weighted by molar-refractivity contribution is 0.652. The third-order valence-corrected chi connectivity index (χ3v) is 3.17. The molecule has 1 aliphatic rings. The highest BCUT2D eigenvalue weighted by Crippen LogP contribution is 2.29. The van der Waals surface area contributed by atoms with Gasteiger partial charge in [-0.25, -0.2) is 0 Å². The molecule has 1 atom stereocenters. The molecule has 0 spiro atoms. The first kappa shape index (κ1) is 9.53. The van der Waals surface area contributed by atoms with Crippen molar-refractivity contribution in [2.45, 2.75) is 19.4 Å². The average molecular weight is 190 g/mol. The van der Waals surface area contributed by atoms with E-state index in [4.69, 9.17) is 0 Å². The molecule has 0 saturated heterocycles. The van der Waals surface area contributed by atoms with Crippen LogP contribution in [-0.4, -0.2) is 20.6 Å². The molecule has 0 aromatic heterocycles. The van der Waals surface area contributed by atoms with E-state index in [0.717, 1.165) is 6.54 Å². The van der Waals surface area contributed by atoms with Crippen molar-refractivity contribution < 1.29 is 0 Å². The summed E-state index contributed by atoms with van der Waals surface area (Å²) in [7, 11) is 4.17. The fourth-order valence-corrected chi connectivity index (χ4v) is 1.99. The predicted molar refractivity (Wildman–Crippen MR) is 60.9 cm³/mol. The number of nitrogens with one attached hydrogen (secondary N) is 1. The lowest BCUT2D eigenvalue weighted by Gasteiger charge is -2.16. The Hall–Kier alpha value is -1.02. The zero-order valence-corrected chi connectivity index (χ0v) is 9.17. The van der Waals surface area contributed by atoms with Crippen molar-refractivity contribution in [3.63, 3.8) is 0 Å². The quantitative estimate of drug-likeness (QED) is 0.767. The van der Waals surface area contributed by atoms with Gasteiger partial charge in [0.05, 0.1) is 0 Å². The maximum absolute atomic E-state index is 3.27. The van der Waals surface area contributed by atoms with Crippen molar-refractivity contribution >= 4 is 5.69 Å². The molecule has 1 aromatic rings. The molecule has 2 nitrogen and oxygen atoms in total. The summed E-state index contributed by atoms with van der Waals surface area (Å²) < 4.78 is 0. The molecular weight excluding hydrogens is 172 g/mol. The molecule has 0 radical (unpaired) electrons. The lowest BCUT2D eigenvalue weighted by Crippen LogP contribution is -2.15. The molecule has 14 heavy (non-hydrogen) atoms. The number of fused-ring (bicyclic) bond motifs is 1. The van der Waals surface area contributed by atoms with Gasteiger partial charge in [0.25, 0.3) is 0 Å².